The molecular weight excluding hydrogens is 246 g/mol. The van der Waals surface area contributed by atoms with Crippen molar-refractivity contribution in [1.29, 1.82) is 0 Å². The lowest BCUT2D eigenvalue weighted by Crippen LogP contribution is -2.17. The first-order chi connectivity index (χ1) is 9.92. The lowest BCUT2D eigenvalue weighted by molar-refractivity contribution is 0.592. The van der Waals surface area contributed by atoms with Crippen LogP contribution in [0.3, 0.4) is 0 Å². The van der Waals surface area contributed by atoms with Gasteiger partial charge in [-0.05, 0) is 43.0 Å². The van der Waals surface area contributed by atoms with Crippen LogP contribution in [0.1, 0.15) is 30.1 Å². The van der Waals surface area contributed by atoms with Crippen LogP contribution in [0.15, 0.2) is 48.8 Å². The molecule has 3 nitrogen and oxygen atoms in total. The zero-order chi connectivity index (χ0) is 13.4. The Morgan fingerprint density at radius 3 is 3.00 bits per heavy atom. The number of fused-ring (bicyclic) bond motifs is 3. The molecule has 2 heterocycles. The van der Waals surface area contributed by atoms with Crippen LogP contribution in [0.2, 0.25) is 0 Å². The molecular formula is C17H17N3. The molecule has 1 aliphatic rings. The van der Waals surface area contributed by atoms with Crippen molar-refractivity contribution in [2.24, 2.45) is 0 Å². The van der Waals surface area contributed by atoms with Crippen LogP contribution in [-0.4, -0.2) is 9.97 Å². The predicted molar refractivity (Wildman–Crippen MR) is 81.8 cm³/mol. The number of aromatic nitrogens is 2. The van der Waals surface area contributed by atoms with E-state index in [0.29, 0.717) is 6.04 Å². The molecule has 20 heavy (non-hydrogen) atoms. The minimum Gasteiger partial charge on any atom is -0.375 e. The van der Waals surface area contributed by atoms with Crippen LogP contribution in [0.5, 0.6) is 0 Å². The number of benzene rings is 1. The van der Waals surface area contributed by atoms with Gasteiger partial charge in [0.1, 0.15) is 0 Å². The lowest BCUT2D eigenvalue weighted by Gasteiger charge is -2.24. The molecule has 0 saturated heterocycles. The first-order valence-corrected chi connectivity index (χ1v) is 7.18. The van der Waals surface area contributed by atoms with Crippen molar-refractivity contribution in [3.63, 3.8) is 0 Å². The van der Waals surface area contributed by atoms with E-state index in [4.69, 9.17) is 0 Å². The van der Waals surface area contributed by atoms with Crippen LogP contribution in [0.4, 0.5) is 5.69 Å². The highest BCUT2D eigenvalue weighted by Gasteiger charge is 2.23. The van der Waals surface area contributed by atoms with Gasteiger partial charge in [-0.15, -0.1) is 0 Å². The predicted octanol–water partition coefficient (Wildman–Crippen LogP) is 4.05. The maximum atomic E-state index is 4.18. The Morgan fingerprint density at radius 1 is 1.15 bits per heavy atom. The number of rotatable bonds is 2. The van der Waals surface area contributed by atoms with E-state index >= 15 is 0 Å². The molecule has 1 aliphatic carbocycles. The second-order valence-corrected chi connectivity index (χ2v) is 5.39. The minimum absolute atomic E-state index is 0.357. The number of nitrogens with zero attached hydrogens (tertiary/aromatic N) is 1. The Kier molecular flexibility index (Phi) is 2.69. The van der Waals surface area contributed by atoms with Gasteiger partial charge in [-0.25, -0.2) is 0 Å². The Hall–Kier alpha value is -2.29. The van der Waals surface area contributed by atoms with Gasteiger partial charge in [-0.1, -0.05) is 18.2 Å². The summed E-state index contributed by atoms with van der Waals surface area (Å²) in [5.41, 5.74) is 5.16. The molecule has 0 bridgehead atoms. The molecule has 1 unspecified atom stereocenters. The largest absolute Gasteiger partial charge is 0.375 e. The summed E-state index contributed by atoms with van der Waals surface area (Å²) in [6, 6.07) is 13.0. The summed E-state index contributed by atoms with van der Waals surface area (Å²) in [5.74, 6) is 0. The zero-order valence-corrected chi connectivity index (χ0v) is 11.3. The fourth-order valence-corrected chi connectivity index (χ4v) is 3.21. The number of para-hydroxylation sites is 1. The van der Waals surface area contributed by atoms with E-state index in [9.17, 15) is 0 Å². The number of H-pyrrole nitrogens is 1. The molecule has 0 aliphatic heterocycles. The number of nitrogens with one attached hydrogen (secondary N) is 2. The van der Waals surface area contributed by atoms with Gasteiger partial charge in [0.15, 0.2) is 0 Å². The van der Waals surface area contributed by atoms with Gasteiger partial charge in [0.2, 0.25) is 0 Å². The molecule has 2 aromatic heterocycles. The smallest absolute Gasteiger partial charge is 0.0666 e. The Balaban J connectivity index is 1.75. The summed E-state index contributed by atoms with van der Waals surface area (Å²) in [6.07, 6.45) is 7.25. The van der Waals surface area contributed by atoms with Gasteiger partial charge in [-0.2, -0.15) is 0 Å². The Labute approximate surface area is 118 Å². The van der Waals surface area contributed by atoms with Gasteiger partial charge in [0.25, 0.3) is 0 Å². The highest BCUT2D eigenvalue weighted by Crippen LogP contribution is 2.36. The van der Waals surface area contributed by atoms with Crippen molar-refractivity contribution in [2.75, 3.05) is 5.32 Å². The molecule has 3 heteroatoms. The van der Waals surface area contributed by atoms with E-state index in [1.165, 1.54) is 35.0 Å². The lowest BCUT2D eigenvalue weighted by atomic mass is 9.91. The topological polar surface area (TPSA) is 40.7 Å². The Morgan fingerprint density at radius 2 is 2.10 bits per heavy atom. The zero-order valence-electron chi connectivity index (χ0n) is 11.3. The molecule has 3 aromatic rings. The van der Waals surface area contributed by atoms with E-state index in [-0.39, 0.29) is 0 Å². The monoisotopic (exact) mass is 263 g/mol. The summed E-state index contributed by atoms with van der Waals surface area (Å²) in [6.45, 7) is 0. The molecule has 1 aromatic carbocycles. The fraction of sp³-hybridized carbons (Fsp3) is 0.235. The van der Waals surface area contributed by atoms with Crippen molar-refractivity contribution in [2.45, 2.75) is 25.3 Å². The molecule has 100 valence electrons. The van der Waals surface area contributed by atoms with E-state index in [1.807, 2.05) is 12.3 Å². The number of aryl methyl sites for hydroxylation is 1. The maximum absolute atomic E-state index is 4.18. The van der Waals surface area contributed by atoms with Gasteiger partial charge < -0.3 is 10.3 Å². The third-order valence-corrected chi connectivity index (χ3v) is 4.12. The van der Waals surface area contributed by atoms with E-state index in [1.54, 1.807) is 6.20 Å². The van der Waals surface area contributed by atoms with Gasteiger partial charge in [0.05, 0.1) is 11.7 Å². The standard InChI is InChI=1S/C17H17N3/c1-2-8-15-13(6-1)14-7-3-9-16(17(14)20-15)19-12-5-4-10-18-11-12/h1-2,4-6,8,10-11,16,19-20H,3,7,9H2. The first kappa shape index (κ1) is 11.5. The van der Waals surface area contributed by atoms with Crippen molar-refractivity contribution >= 4 is 16.6 Å². The average molecular weight is 263 g/mol. The number of hydrogen-bond donors (Lipinski definition) is 2. The minimum atomic E-state index is 0.357. The highest BCUT2D eigenvalue weighted by molar-refractivity contribution is 5.85. The molecule has 1 atom stereocenters. The third-order valence-electron chi connectivity index (χ3n) is 4.12. The SMILES string of the molecule is c1cncc(NC2CCCc3c2[nH]c2ccccc32)c1. The molecule has 0 spiro atoms. The van der Waals surface area contributed by atoms with Gasteiger partial charge >= 0.3 is 0 Å². The molecule has 4 rings (SSSR count). The molecule has 0 fully saturated rings. The van der Waals surface area contributed by atoms with Crippen LogP contribution in [-0.2, 0) is 6.42 Å². The van der Waals surface area contributed by atoms with Crippen molar-refractivity contribution < 1.29 is 0 Å². The van der Waals surface area contributed by atoms with E-state index < -0.39 is 0 Å². The van der Waals surface area contributed by atoms with Crippen LogP contribution in [0.25, 0.3) is 10.9 Å². The van der Waals surface area contributed by atoms with Crippen LogP contribution < -0.4 is 5.32 Å². The fourth-order valence-electron chi connectivity index (χ4n) is 3.21. The summed E-state index contributed by atoms with van der Waals surface area (Å²) >= 11 is 0. The van der Waals surface area contributed by atoms with Crippen molar-refractivity contribution in [3.8, 4) is 0 Å². The maximum Gasteiger partial charge on any atom is 0.0666 e. The Bertz CT molecular complexity index is 730. The third kappa shape index (κ3) is 1.86. The normalized spacial score (nSPS) is 17.9. The quantitative estimate of drug-likeness (QED) is 0.732. The second kappa shape index (κ2) is 4.67. The second-order valence-electron chi connectivity index (χ2n) is 5.39. The number of hydrogen-bond acceptors (Lipinski definition) is 2. The summed E-state index contributed by atoms with van der Waals surface area (Å²) < 4.78 is 0. The van der Waals surface area contributed by atoms with Gasteiger partial charge in [0, 0.05) is 29.0 Å². The van der Waals surface area contributed by atoms with Crippen LogP contribution >= 0.6 is 0 Å². The molecule has 0 amide bonds. The van der Waals surface area contributed by atoms with E-state index in [0.717, 1.165) is 12.1 Å². The van der Waals surface area contributed by atoms with E-state index in [2.05, 4.69) is 45.6 Å². The summed E-state index contributed by atoms with van der Waals surface area (Å²) in [5, 5.41) is 4.98. The number of aromatic amines is 1. The number of pyridine rings is 1. The van der Waals surface area contributed by atoms with Crippen LogP contribution in [0, 0.1) is 0 Å². The van der Waals surface area contributed by atoms with Crippen molar-refractivity contribution in [3.05, 3.63) is 60.0 Å². The highest BCUT2D eigenvalue weighted by atomic mass is 15.0. The number of anilines is 1. The first-order valence-electron chi connectivity index (χ1n) is 7.18. The van der Waals surface area contributed by atoms with Crippen molar-refractivity contribution in [1.82, 2.24) is 9.97 Å². The summed E-state index contributed by atoms with van der Waals surface area (Å²) in [4.78, 5) is 7.78. The van der Waals surface area contributed by atoms with Gasteiger partial charge in [-0.3, -0.25) is 4.98 Å². The average Bonchev–Trinajstić information content (AvgIpc) is 2.88. The molecule has 0 radical (unpaired) electrons. The molecule has 0 saturated carbocycles. The molecule has 2 N–H and O–H groups in total. The summed E-state index contributed by atoms with van der Waals surface area (Å²) in [7, 11) is 0.